The molecule has 1 aromatic carbocycles. The lowest BCUT2D eigenvalue weighted by molar-refractivity contribution is -0.114. The molecule has 3 rings (SSSR count). The Hall–Kier alpha value is -3.55. The summed E-state index contributed by atoms with van der Waals surface area (Å²) in [5.74, 6) is -0.241. The molecule has 8 heteroatoms. The summed E-state index contributed by atoms with van der Waals surface area (Å²) in [6.45, 7) is 10.1. The van der Waals surface area contributed by atoms with E-state index < -0.39 is 5.82 Å². The Morgan fingerprint density at radius 2 is 1.81 bits per heavy atom. The first-order valence-corrected chi connectivity index (χ1v) is 10.4. The zero-order chi connectivity index (χ0) is 23.5. The van der Waals surface area contributed by atoms with Gasteiger partial charge >= 0.3 is 6.03 Å². The van der Waals surface area contributed by atoms with Gasteiger partial charge in [-0.15, -0.1) is 0 Å². The predicted octanol–water partition coefficient (Wildman–Crippen LogP) is 5.26. The van der Waals surface area contributed by atoms with Crippen LogP contribution < -0.4 is 16.0 Å². The molecule has 168 valence electrons. The highest BCUT2D eigenvalue weighted by molar-refractivity contribution is 5.93. The van der Waals surface area contributed by atoms with Crippen molar-refractivity contribution >= 4 is 34.3 Å². The van der Waals surface area contributed by atoms with Crippen LogP contribution in [-0.4, -0.2) is 28.5 Å². The van der Waals surface area contributed by atoms with Crippen molar-refractivity contribution in [3.63, 3.8) is 0 Å². The second kappa shape index (κ2) is 9.30. The van der Waals surface area contributed by atoms with E-state index in [2.05, 4.69) is 46.7 Å². The molecule has 2 heterocycles. The number of benzene rings is 1. The number of carbonyl (C=O) groups is 2. The van der Waals surface area contributed by atoms with Gasteiger partial charge in [-0.25, -0.2) is 14.2 Å². The minimum Gasteiger partial charge on any atom is -0.338 e. The van der Waals surface area contributed by atoms with Crippen molar-refractivity contribution in [2.75, 3.05) is 17.2 Å². The van der Waals surface area contributed by atoms with Crippen LogP contribution in [0.15, 0.2) is 36.5 Å². The number of aromatic nitrogens is 2. The molecule has 3 aromatic rings. The maximum absolute atomic E-state index is 14.7. The summed E-state index contributed by atoms with van der Waals surface area (Å²) in [6, 6.07) is 7.57. The predicted molar refractivity (Wildman–Crippen MR) is 125 cm³/mol. The van der Waals surface area contributed by atoms with Gasteiger partial charge in [-0.3, -0.25) is 9.78 Å². The molecule has 0 unspecified atom stereocenters. The van der Waals surface area contributed by atoms with Gasteiger partial charge in [0.1, 0.15) is 11.6 Å². The maximum atomic E-state index is 14.7. The molecular weight excluding hydrogens is 409 g/mol. The molecule has 0 aliphatic rings. The van der Waals surface area contributed by atoms with Gasteiger partial charge in [0.15, 0.2) is 0 Å². The first-order valence-electron chi connectivity index (χ1n) is 10.4. The molecule has 0 aliphatic heterocycles. The van der Waals surface area contributed by atoms with Gasteiger partial charge in [0, 0.05) is 53.6 Å². The van der Waals surface area contributed by atoms with E-state index in [1.165, 1.54) is 19.1 Å². The molecule has 0 fully saturated rings. The number of aryl methyl sites for hydroxylation is 1. The number of nitrogens with zero attached hydrogens (tertiary/aromatic N) is 2. The second-order valence-corrected chi connectivity index (χ2v) is 8.95. The number of nitrogens with one attached hydrogen (secondary N) is 3. The van der Waals surface area contributed by atoms with E-state index in [1.807, 2.05) is 0 Å². The molecule has 3 amide bonds. The second-order valence-electron chi connectivity index (χ2n) is 8.95. The fourth-order valence-electron chi connectivity index (χ4n) is 3.22. The highest BCUT2D eigenvalue weighted by atomic mass is 19.1. The molecule has 0 aliphatic carbocycles. The maximum Gasteiger partial charge on any atom is 0.319 e. The van der Waals surface area contributed by atoms with Crippen molar-refractivity contribution in [1.82, 2.24) is 15.3 Å². The van der Waals surface area contributed by atoms with Crippen LogP contribution in [0.2, 0.25) is 0 Å². The van der Waals surface area contributed by atoms with Crippen molar-refractivity contribution in [3.8, 4) is 11.1 Å². The Morgan fingerprint density at radius 3 is 2.50 bits per heavy atom. The Balaban J connectivity index is 1.85. The van der Waals surface area contributed by atoms with Crippen molar-refractivity contribution in [3.05, 3.63) is 48.0 Å². The van der Waals surface area contributed by atoms with E-state index >= 15 is 0 Å². The summed E-state index contributed by atoms with van der Waals surface area (Å²) in [5.41, 5.74) is 2.78. The Bertz CT molecular complexity index is 1170. The van der Waals surface area contributed by atoms with Gasteiger partial charge in [-0.2, -0.15) is 0 Å². The number of rotatable bonds is 5. The number of pyridine rings is 2. The van der Waals surface area contributed by atoms with Crippen LogP contribution in [0, 0.1) is 18.2 Å². The minimum atomic E-state index is -0.421. The number of anilines is 2. The molecule has 0 radical (unpaired) electrons. The highest BCUT2D eigenvalue weighted by Crippen LogP contribution is 2.31. The van der Waals surface area contributed by atoms with E-state index in [9.17, 15) is 14.0 Å². The first kappa shape index (κ1) is 23.1. The largest absolute Gasteiger partial charge is 0.338 e. The van der Waals surface area contributed by atoms with Crippen molar-refractivity contribution in [1.29, 1.82) is 0 Å². The molecule has 7 nitrogen and oxygen atoms in total. The third-order valence-electron chi connectivity index (χ3n) is 4.87. The molecule has 32 heavy (non-hydrogen) atoms. The summed E-state index contributed by atoms with van der Waals surface area (Å²) in [4.78, 5) is 32.2. The zero-order valence-corrected chi connectivity index (χ0v) is 19.0. The standard InChI is InChI=1S/C24H28FN5O2/c1-14-18(10-16-13-27-22(29-15(2)31)12-21(16)28-14)19-11-17(6-7-20(19)25)30-23(32)26-9-8-24(3,4)5/h6-7,10-13H,8-9H2,1-5H3,(H2,26,30,32)(H,27,29,31). The molecule has 0 saturated heterocycles. The highest BCUT2D eigenvalue weighted by Gasteiger charge is 2.14. The SMILES string of the molecule is CC(=O)Nc1cc2nc(C)c(-c3cc(NC(=O)NCCC(C)(C)C)ccc3F)cc2cn1. The Morgan fingerprint density at radius 1 is 1.06 bits per heavy atom. The van der Waals surface area contributed by atoms with Gasteiger partial charge in [-0.05, 0) is 43.0 Å². The molecular formula is C24H28FN5O2. The molecule has 2 aromatic heterocycles. The monoisotopic (exact) mass is 437 g/mol. The molecule has 0 spiro atoms. The smallest absolute Gasteiger partial charge is 0.319 e. The van der Waals surface area contributed by atoms with E-state index in [0.717, 1.165) is 6.42 Å². The average molecular weight is 438 g/mol. The Kier molecular flexibility index (Phi) is 6.72. The van der Waals surface area contributed by atoms with Crippen LogP contribution in [0.3, 0.4) is 0 Å². The van der Waals surface area contributed by atoms with Crippen LogP contribution in [0.25, 0.3) is 22.0 Å². The third-order valence-corrected chi connectivity index (χ3v) is 4.87. The van der Waals surface area contributed by atoms with Crippen LogP contribution in [0.4, 0.5) is 20.7 Å². The lowest BCUT2D eigenvalue weighted by atomic mass is 9.92. The molecule has 3 N–H and O–H groups in total. The number of fused-ring (bicyclic) bond motifs is 1. The average Bonchev–Trinajstić information content (AvgIpc) is 2.67. The number of halogens is 1. The number of hydrogen-bond donors (Lipinski definition) is 3. The third kappa shape index (κ3) is 6.00. The Labute approximate surface area is 186 Å². The summed E-state index contributed by atoms with van der Waals surface area (Å²) >= 11 is 0. The number of amides is 3. The van der Waals surface area contributed by atoms with Gasteiger partial charge < -0.3 is 16.0 Å². The van der Waals surface area contributed by atoms with Crippen molar-refractivity contribution < 1.29 is 14.0 Å². The van der Waals surface area contributed by atoms with E-state index in [1.54, 1.807) is 31.3 Å². The van der Waals surface area contributed by atoms with Crippen LogP contribution in [-0.2, 0) is 4.79 Å². The van der Waals surface area contributed by atoms with Crippen molar-refractivity contribution in [2.45, 2.75) is 41.0 Å². The first-order chi connectivity index (χ1) is 15.0. The fraction of sp³-hybridized carbons (Fsp3) is 0.333. The molecule has 0 atom stereocenters. The van der Waals surface area contributed by atoms with Gasteiger partial charge in [0.05, 0.1) is 5.52 Å². The van der Waals surface area contributed by atoms with E-state index in [-0.39, 0.29) is 17.4 Å². The lowest BCUT2D eigenvalue weighted by Gasteiger charge is -2.18. The van der Waals surface area contributed by atoms with Crippen molar-refractivity contribution in [2.24, 2.45) is 5.41 Å². The normalized spacial score (nSPS) is 11.3. The van der Waals surface area contributed by atoms with Crippen LogP contribution in [0.1, 0.15) is 39.8 Å². The number of carbonyl (C=O) groups excluding carboxylic acids is 2. The number of hydrogen-bond acceptors (Lipinski definition) is 4. The number of urea groups is 1. The summed E-state index contributed by atoms with van der Waals surface area (Å²) < 4.78 is 14.7. The van der Waals surface area contributed by atoms with Crippen LogP contribution >= 0.6 is 0 Å². The quantitative estimate of drug-likeness (QED) is 0.507. The summed E-state index contributed by atoms with van der Waals surface area (Å²) in [6.07, 6.45) is 2.42. The van der Waals surface area contributed by atoms with E-state index in [4.69, 9.17) is 0 Å². The summed E-state index contributed by atoms with van der Waals surface area (Å²) in [7, 11) is 0. The van der Waals surface area contributed by atoms with Gasteiger partial charge in [0.25, 0.3) is 0 Å². The van der Waals surface area contributed by atoms with Gasteiger partial charge in [0.2, 0.25) is 5.91 Å². The zero-order valence-electron chi connectivity index (χ0n) is 19.0. The van der Waals surface area contributed by atoms with E-state index in [0.29, 0.717) is 45.8 Å². The fourth-order valence-corrected chi connectivity index (χ4v) is 3.22. The minimum absolute atomic E-state index is 0.120. The van der Waals surface area contributed by atoms with Crippen LogP contribution in [0.5, 0.6) is 0 Å². The topological polar surface area (TPSA) is 96.0 Å². The lowest BCUT2D eigenvalue weighted by Crippen LogP contribution is -2.31. The summed E-state index contributed by atoms with van der Waals surface area (Å²) in [5, 5.41) is 8.91. The molecule has 0 bridgehead atoms. The molecule has 0 saturated carbocycles. The van der Waals surface area contributed by atoms with Gasteiger partial charge in [-0.1, -0.05) is 20.8 Å².